The van der Waals surface area contributed by atoms with Crippen LogP contribution in [0.15, 0.2) is 12.7 Å². The van der Waals surface area contributed by atoms with E-state index in [1.165, 1.54) is 6.08 Å². The monoisotopic (exact) mass is 154 g/mol. The summed E-state index contributed by atoms with van der Waals surface area (Å²) in [6.45, 7) is 6.99. The fourth-order valence-corrected chi connectivity index (χ4v) is 0.637. The van der Waals surface area contributed by atoms with E-state index in [0.717, 1.165) is 0 Å². The molecule has 0 saturated heterocycles. The first-order valence-electron chi connectivity index (χ1n) is 3.76. The summed E-state index contributed by atoms with van der Waals surface area (Å²) < 4.78 is 0. The Bertz CT molecular complexity index is 168. The second-order valence-electron chi connectivity index (χ2n) is 2.79. The molecule has 0 aromatic heterocycles. The predicted molar refractivity (Wildman–Crippen MR) is 44.3 cm³/mol. The highest BCUT2D eigenvalue weighted by Gasteiger charge is 2.07. The number of allylic oxidation sites excluding steroid dienone is 1. The Labute approximate surface area is 67.3 Å². The van der Waals surface area contributed by atoms with Crippen molar-refractivity contribution in [2.45, 2.75) is 26.7 Å². The van der Waals surface area contributed by atoms with Crippen LogP contribution in [-0.4, -0.2) is 11.6 Å². The summed E-state index contributed by atoms with van der Waals surface area (Å²) in [6, 6.07) is 0. The zero-order chi connectivity index (χ0) is 8.85. The molecular weight excluding hydrogens is 140 g/mol. The molecular formula is C9H14O2. The Morgan fingerprint density at radius 3 is 2.27 bits per heavy atom. The third kappa shape index (κ3) is 4.48. The maximum atomic E-state index is 11.0. The summed E-state index contributed by atoms with van der Waals surface area (Å²) in [5.41, 5.74) is 0. The maximum Gasteiger partial charge on any atom is 0.155 e. The number of carbonyl (C=O) groups is 2. The molecule has 62 valence electrons. The van der Waals surface area contributed by atoms with Gasteiger partial charge in [-0.05, 0) is 6.08 Å². The van der Waals surface area contributed by atoms with E-state index in [-0.39, 0.29) is 17.5 Å². The minimum absolute atomic E-state index is 0.0348. The summed E-state index contributed by atoms with van der Waals surface area (Å²) in [7, 11) is 0. The van der Waals surface area contributed by atoms with E-state index in [2.05, 4.69) is 6.58 Å². The van der Waals surface area contributed by atoms with Gasteiger partial charge in [0.15, 0.2) is 5.78 Å². The Morgan fingerprint density at radius 2 is 1.91 bits per heavy atom. The first-order chi connectivity index (χ1) is 5.07. The quantitative estimate of drug-likeness (QED) is 0.565. The molecule has 0 aliphatic heterocycles. The zero-order valence-electron chi connectivity index (χ0n) is 7.09. The molecule has 0 rings (SSSR count). The van der Waals surface area contributed by atoms with E-state index in [1.807, 2.05) is 13.8 Å². The van der Waals surface area contributed by atoms with Crippen molar-refractivity contribution in [3.63, 3.8) is 0 Å². The van der Waals surface area contributed by atoms with Crippen molar-refractivity contribution in [1.29, 1.82) is 0 Å². The third-order valence-corrected chi connectivity index (χ3v) is 1.49. The molecule has 2 heteroatoms. The molecule has 0 saturated carbocycles. The standard InChI is InChI=1S/C9H14O2/c1-4-8(10)5-6-9(11)7(2)3/h4,7H,1,5-6H2,2-3H3. The van der Waals surface area contributed by atoms with Gasteiger partial charge in [-0.25, -0.2) is 0 Å². The number of carbonyl (C=O) groups excluding carboxylic acids is 2. The van der Waals surface area contributed by atoms with E-state index < -0.39 is 0 Å². The van der Waals surface area contributed by atoms with Crippen molar-refractivity contribution >= 4 is 11.6 Å². The van der Waals surface area contributed by atoms with Gasteiger partial charge in [0.25, 0.3) is 0 Å². The van der Waals surface area contributed by atoms with Crippen LogP contribution in [0.2, 0.25) is 0 Å². The molecule has 0 bridgehead atoms. The molecule has 0 aromatic rings. The summed E-state index contributed by atoms with van der Waals surface area (Å²) in [5, 5.41) is 0. The highest BCUT2D eigenvalue weighted by Crippen LogP contribution is 2.02. The lowest BCUT2D eigenvalue weighted by atomic mass is 10.0. The smallest absolute Gasteiger partial charge is 0.155 e. The molecule has 0 atom stereocenters. The van der Waals surface area contributed by atoms with E-state index in [4.69, 9.17) is 0 Å². The van der Waals surface area contributed by atoms with Crippen molar-refractivity contribution in [3.05, 3.63) is 12.7 Å². The zero-order valence-corrected chi connectivity index (χ0v) is 7.09. The molecule has 0 fully saturated rings. The number of rotatable bonds is 5. The van der Waals surface area contributed by atoms with Crippen LogP contribution >= 0.6 is 0 Å². The van der Waals surface area contributed by atoms with Crippen LogP contribution in [-0.2, 0) is 9.59 Å². The van der Waals surface area contributed by atoms with E-state index in [1.54, 1.807) is 0 Å². The minimum atomic E-state index is -0.0565. The molecule has 0 spiro atoms. The van der Waals surface area contributed by atoms with Gasteiger partial charge in [-0.3, -0.25) is 9.59 Å². The number of ketones is 2. The van der Waals surface area contributed by atoms with Gasteiger partial charge in [-0.15, -0.1) is 0 Å². The molecule has 0 aliphatic rings. The molecule has 0 unspecified atom stereocenters. The normalized spacial score (nSPS) is 9.73. The Balaban J connectivity index is 3.62. The van der Waals surface area contributed by atoms with E-state index >= 15 is 0 Å². The van der Waals surface area contributed by atoms with Crippen LogP contribution < -0.4 is 0 Å². The molecule has 0 amide bonds. The van der Waals surface area contributed by atoms with Gasteiger partial charge in [0, 0.05) is 18.8 Å². The van der Waals surface area contributed by atoms with Crippen LogP contribution in [0.3, 0.4) is 0 Å². The topological polar surface area (TPSA) is 34.1 Å². The second kappa shape index (κ2) is 4.83. The Morgan fingerprint density at radius 1 is 1.36 bits per heavy atom. The number of hydrogen-bond donors (Lipinski definition) is 0. The molecule has 11 heavy (non-hydrogen) atoms. The minimum Gasteiger partial charge on any atom is -0.299 e. The van der Waals surface area contributed by atoms with Gasteiger partial charge in [-0.2, -0.15) is 0 Å². The fourth-order valence-electron chi connectivity index (χ4n) is 0.637. The lowest BCUT2D eigenvalue weighted by Gasteiger charge is -2.00. The highest BCUT2D eigenvalue weighted by molar-refractivity contribution is 5.92. The Hall–Kier alpha value is -0.920. The van der Waals surface area contributed by atoms with E-state index in [9.17, 15) is 9.59 Å². The molecule has 0 aliphatic carbocycles. The van der Waals surface area contributed by atoms with Gasteiger partial charge >= 0.3 is 0 Å². The van der Waals surface area contributed by atoms with Crippen LogP contribution in [0.4, 0.5) is 0 Å². The van der Waals surface area contributed by atoms with Crippen molar-refractivity contribution < 1.29 is 9.59 Å². The van der Waals surface area contributed by atoms with Crippen LogP contribution in [0.25, 0.3) is 0 Å². The van der Waals surface area contributed by atoms with Gasteiger partial charge in [0.2, 0.25) is 0 Å². The van der Waals surface area contributed by atoms with Crippen molar-refractivity contribution in [1.82, 2.24) is 0 Å². The average Bonchev–Trinajstić information content (AvgIpc) is 1.99. The van der Waals surface area contributed by atoms with Crippen molar-refractivity contribution in [2.75, 3.05) is 0 Å². The second-order valence-corrected chi connectivity index (χ2v) is 2.79. The molecule has 0 N–H and O–H groups in total. The molecule has 0 aromatic carbocycles. The highest BCUT2D eigenvalue weighted by atomic mass is 16.1. The number of hydrogen-bond acceptors (Lipinski definition) is 2. The SMILES string of the molecule is C=CC(=O)CCC(=O)C(C)C. The lowest BCUT2D eigenvalue weighted by molar-refractivity contribution is -0.124. The van der Waals surface area contributed by atoms with Gasteiger partial charge in [0.05, 0.1) is 0 Å². The summed E-state index contributed by atoms with van der Waals surface area (Å²) >= 11 is 0. The Kier molecular flexibility index (Phi) is 4.42. The number of Topliss-reactive ketones (excluding diaryl/α,β-unsaturated/α-hetero) is 1. The van der Waals surface area contributed by atoms with Crippen molar-refractivity contribution in [3.8, 4) is 0 Å². The predicted octanol–water partition coefficient (Wildman–Crippen LogP) is 1.75. The summed E-state index contributed by atoms with van der Waals surface area (Å²) in [6.07, 6.45) is 1.91. The van der Waals surface area contributed by atoms with E-state index in [0.29, 0.717) is 12.8 Å². The maximum absolute atomic E-state index is 11.0. The summed E-state index contributed by atoms with van der Waals surface area (Å²) in [5.74, 6) is 0.117. The fraction of sp³-hybridized carbons (Fsp3) is 0.556. The summed E-state index contributed by atoms with van der Waals surface area (Å²) in [4.78, 5) is 21.6. The van der Waals surface area contributed by atoms with Crippen LogP contribution in [0.1, 0.15) is 26.7 Å². The first-order valence-corrected chi connectivity index (χ1v) is 3.76. The van der Waals surface area contributed by atoms with Crippen LogP contribution in [0, 0.1) is 5.92 Å². The third-order valence-electron chi connectivity index (χ3n) is 1.49. The average molecular weight is 154 g/mol. The van der Waals surface area contributed by atoms with Crippen LogP contribution in [0.5, 0.6) is 0 Å². The lowest BCUT2D eigenvalue weighted by Crippen LogP contribution is -2.08. The first kappa shape index (κ1) is 10.1. The molecule has 0 radical (unpaired) electrons. The largest absolute Gasteiger partial charge is 0.299 e. The molecule has 2 nitrogen and oxygen atoms in total. The van der Waals surface area contributed by atoms with Gasteiger partial charge in [0.1, 0.15) is 5.78 Å². The van der Waals surface area contributed by atoms with Gasteiger partial charge in [-0.1, -0.05) is 20.4 Å². The van der Waals surface area contributed by atoms with Crippen molar-refractivity contribution in [2.24, 2.45) is 5.92 Å². The molecule has 0 heterocycles. The van der Waals surface area contributed by atoms with Gasteiger partial charge < -0.3 is 0 Å².